The monoisotopic (exact) mass is 363 g/mol. The summed E-state index contributed by atoms with van der Waals surface area (Å²) < 4.78 is 5.10. The average Bonchev–Trinajstić information content (AvgIpc) is 2.73. The van der Waals surface area contributed by atoms with Gasteiger partial charge in [0.2, 0.25) is 0 Å². The number of aryl methyl sites for hydroxylation is 1. The number of pyridine rings is 1. The molecule has 0 aliphatic heterocycles. The number of hydrogen-bond acceptors (Lipinski definition) is 2. The van der Waals surface area contributed by atoms with E-state index in [9.17, 15) is 0 Å². The number of methoxy groups -OCH3 is 1. The van der Waals surface area contributed by atoms with Gasteiger partial charge in [-0.2, -0.15) is 0 Å². The molecule has 3 rings (SSSR count). The molecule has 1 aliphatic carbocycles. The van der Waals surface area contributed by atoms with Crippen LogP contribution in [0.25, 0.3) is 11.3 Å². The predicted octanol–water partition coefficient (Wildman–Crippen LogP) is 6.57. The molecule has 1 fully saturated rings. The van der Waals surface area contributed by atoms with Crippen LogP contribution in [0, 0.1) is 5.92 Å². The van der Waals surface area contributed by atoms with Crippen molar-refractivity contribution >= 4 is 0 Å². The van der Waals surface area contributed by atoms with E-state index in [1.165, 1.54) is 55.2 Å². The maximum atomic E-state index is 5.10. The van der Waals surface area contributed by atoms with Crippen LogP contribution in [0.15, 0.2) is 54.7 Å². The summed E-state index contributed by atoms with van der Waals surface area (Å²) in [6.45, 7) is 2.96. The molecular weight excluding hydrogens is 330 g/mol. The number of rotatable bonds is 8. The molecular formula is C25H33NO. The minimum atomic E-state index is 0.704. The zero-order valence-electron chi connectivity index (χ0n) is 16.9. The van der Waals surface area contributed by atoms with Crippen molar-refractivity contribution in [3.8, 4) is 11.3 Å². The highest BCUT2D eigenvalue weighted by Gasteiger charge is 2.20. The Labute approximate surface area is 164 Å². The van der Waals surface area contributed by atoms with E-state index < -0.39 is 0 Å². The Hall–Kier alpha value is -1.93. The SMILES string of the molecule is CCCCc1ccc(-c2ccc(C3CCC(C=CCOC)CC3)cc2)nc1. The van der Waals surface area contributed by atoms with Crippen LogP contribution in [0.1, 0.15) is 62.5 Å². The highest BCUT2D eigenvalue weighted by atomic mass is 16.5. The van der Waals surface area contributed by atoms with E-state index in [2.05, 4.69) is 60.5 Å². The molecule has 2 heteroatoms. The summed E-state index contributed by atoms with van der Waals surface area (Å²) >= 11 is 0. The second-order valence-electron chi connectivity index (χ2n) is 7.77. The van der Waals surface area contributed by atoms with E-state index >= 15 is 0 Å². The van der Waals surface area contributed by atoms with Crippen LogP contribution in [0.5, 0.6) is 0 Å². The van der Waals surface area contributed by atoms with E-state index in [4.69, 9.17) is 4.74 Å². The molecule has 1 heterocycles. The second kappa shape index (κ2) is 10.4. The fourth-order valence-electron chi connectivity index (χ4n) is 4.04. The van der Waals surface area contributed by atoms with Crippen molar-refractivity contribution in [2.75, 3.05) is 13.7 Å². The normalized spacial score (nSPS) is 20.2. The smallest absolute Gasteiger partial charge is 0.0702 e. The summed E-state index contributed by atoms with van der Waals surface area (Å²) in [5, 5.41) is 0. The molecule has 1 aliphatic rings. The molecule has 1 aromatic carbocycles. The van der Waals surface area contributed by atoms with Crippen LogP contribution in [0.4, 0.5) is 0 Å². The van der Waals surface area contributed by atoms with Gasteiger partial charge < -0.3 is 4.74 Å². The number of nitrogens with zero attached hydrogens (tertiary/aromatic N) is 1. The highest BCUT2D eigenvalue weighted by molar-refractivity contribution is 5.59. The van der Waals surface area contributed by atoms with Gasteiger partial charge in [-0.1, -0.05) is 55.8 Å². The van der Waals surface area contributed by atoms with Gasteiger partial charge in [0, 0.05) is 18.9 Å². The topological polar surface area (TPSA) is 22.1 Å². The first kappa shape index (κ1) is 19.8. The van der Waals surface area contributed by atoms with Crippen LogP contribution in [-0.4, -0.2) is 18.7 Å². The van der Waals surface area contributed by atoms with Crippen LogP contribution in [-0.2, 0) is 11.2 Å². The number of benzene rings is 1. The standard InChI is InChI=1S/C25H33NO/c1-3-4-6-21-10-17-25(26-19-21)24-15-13-23(14-16-24)22-11-8-20(9-12-22)7-5-18-27-2/h5,7,10,13-17,19-20,22H,3-4,6,8-9,11-12,18H2,1-2H3. The highest BCUT2D eigenvalue weighted by Crippen LogP contribution is 2.36. The molecule has 0 atom stereocenters. The summed E-state index contributed by atoms with van der Waals surface area (Å²) in [4.78, 5) is 4.67. The summed E-state index contributed by atoms with van der Waals surface area (Å²) in [7, 11) is 1.75. The Bertz CT molecular complexity index is 694. The summed E-state index contributed by atoms with van der Waals surface area (Å²) in [5.74, 6) is 1.43. The molecule has 0 N–H and O–H groups in total. The predicted molar refractivity (Wildman–Crippen MR) is 114 cm³/mol. The molecule has 0 spiro atoms. The van der Waals surface area contributed by atoms with Crippen molar-refractivity contribution < 1.29 is 4.74 Å². The molecule has 0 saturated heterocycles. The Balaban J connectivity index is 1.56. The number of ether oxygens (including phenoxy) is 1. The van der Waals surface area contributed by atoms with E-state index in [1.54, 1.807) is 7.11 Å². The van der Waals surface area contributed by atoms with Gasteiger partial charge >= 0.3 is 0 Å². The van der Waals surface area contributed by atoms with Crippen LogP contribution in [0.3, 0.4) is 0 Å². The lowest BCUT2D eigenvalue weighted by atomic mass is 9.78. The third-order valence-electron chi connectivity index (χ3n) is 5.76. The van der Waals surface area contributed by atoms with Gasteiger partial charge in [-0.25, -0.2) is 0 Å². The van der Waals surface area contributed by atoms with E-state index in [1.807, 2.05) is 6.20 Å². The molecule has 1 saturated carbocycles. The van der Waals surface area contributed by atoms with Gasteiger partial charge in [0.25, 0.3) is 0 Å². The number of aromatic nitrogens is 1. The largest absolute Gasteiger partial charge is 0.381 e. The van der Waals surface area contributed by atoms with E-state index in [-0.39, 0.29) is 0 Å². The molecule has 2 aromatic rings. The van der Waals surface area contributed by atoms with Gasteiger partial charge in [-0.3, -0.25) is 4.98 Å². The Morgan fingerprint density at radius 3 is 2.44 bits per heavy atom. The van der Waals surface area contributed by atoms with Crippen LogP contribution < -0.4 is 0 Å². The molecule has 2 nitrogen and oxygen atoms in total. The van der Waals surface area contributed by atoms with Crippen LogP contribution >= 0.6 is 0 Å². The Morgan fingerprint density at radius 1 is 1.04 bits per heavy atom. The van der Waals surface area contributed by atoms with E-state index in [0.717, 1.165) is 24.6 Å². The van der Waals surface area contributed by atoms with Crippen molar-refractivity contribution in [3.63, 3.8) is 0 Å². The van der Waals surface area contributed by atoms with Crippen LogP contribution in [0.2, 0.25) is 0 Å². The number of hydrogen-bond donors (Lipinski definition) is 0. The molecule has 0 unspecified atom stereocenters. The average molecular weight is 364 g/mol. The first-order valence-corrected chi connectivity index (χ1v) is 10.5. The third-order valence-corrected chi connectivity index (χ3v) is 5.76. The van der Waals surface area contributed by atoms with Gasteiger partial charge in [0.1, 0.15) is 0 Å². The van der Waals surface area contributed by atoms with Crippen molar-refractivity contribution in [1.82, 2.24) is 4.98 Å². The van der Waals surface area contributed by atoms with Crippen molar-refractivity contribution in [2.24, 2.45) is 5.92 Å². The lowest BCUT2D eigenvalue weighted by Gasteiger charge is -2.27. The number of unbranched alkanes of at least 4 members (excludes halogenated alkanes) is 1. The molecule has 0 bridgehead atoms. The van der Waals surface area contributed by atoms with Crippen molar-refractivity contribution in [1.29, 1.82) is 0 Å². The molecule has 144 valence electrons. The van der Waals surface area contributed by atoms with E-state index in [0.29, 0.717) is 5.92 Å². The second-order valence-corrected chi connectivity index (χ2v) is 7.77. The maximum absolute atomic E-state index is 5.10. The summed E-state index contributed by atoms with van der Waals surface area (Å²) in [6, 6.07) is 13.5. The zero-order valence-corrected chi connectivity index (χ0v) is 16.9. The van der Waals surface area contributed by atoms with Gasteiger partial charge in [-0.15, -0.1) is 0 Å². The fourth-order valence-corrected chi connectivity index (χ4v) is 4.04. The third kappa shape index (κ3) is 5.77. The summed E-state index contributed by atoms with van der Waals surface area (Å²) in [5.41, 5.74) is 5.12. The Kier molecular flexibility index (Phi) is 7.65. The first-order chi connectivity index (χ1) is 13.3. The molecule has 0 amide bonds. The lowest BCUT2D eigenvalue weighted by Crippen LogP contribution is -2.11. The molecule has 27 heavy (non-hydrogen) atoms. The first-order valence-electron chi connectivity index (χ1n) is 10.5. The fraction of sp³-hybridized carbons (Fsp3) is 0.480. The van der Waals surface area contributed by atoms with Crippen molar-refractivity contribution in [3.05, 3.63) is 65.9 Å². The van der Waals surface area contributed by atoms with Gasteiger partial charge in [0.15, 0.2) is 0 Å². The molecule has 0 radical (unpaired) electrons. The van der Waals surface area contributed by atoms with Gasteiger partial charge in [-0.05, 0) is 67.6 Å². The number of allylic oxidation sites excluding steroid dienone is 1. The minimum absolute atomic E-state index is 0.704. The zero-order chi connectivity index (χ0) is 18.9. The lowest BCUT2D eigenvalue weighted by molar-refractivity contribution is 0.233. The van der Waals surface area contributed by atoms with Crippen molar-refractivity contribution in [2.45, 2.75) is 57.8 Å². The van der Waals surface area contributed by atoms with Gasteiger partial charge in [0.05, 0.1) is 12.3 Å². The molecule has 1 aromatic heterocycles. The minimum Gasteiger partial charge on any atom is -0.381 e. The maximum Gasteiger partial charge on any atom is 0.0702 e. The quantitative estimate of drug-likeness (QED) is 0.495. The Morgan fingerprint density at radius 2 is 1.81 bits per heavy atom. The summed E-state index contributed by atoms with van der Waals surface area (Å²) in [6.07, 6.45) is 15.3.